The van der Waals surface area contributed by atoms with Gasteiger partial charge in [-0.3, -0.25) is 0 Å². The minimum atomic E-state index is 0.187. The van der Waals surface area contributed by atoms with Gasteiger partial charge in [0.05, 0.1) is 0 Å². The van der Waals surface area contributed by atoms with E-state index in [1.807, 2.05) is 0 Å². The van der Waals surface area contributed by atoms with Crippen LogP contribution in [0.25, 0.3) is 11.1 Å². The van der Waals surface area contributed by atoms with E-state index < -0.39 is 0 Å². The molecule has 0 aromatic heterocycles. The summed E-state index contributed by atoms with van der Waals surface area (Å²) in [6, 6.07) is 15.4. The molecule has 0 fully saturated rings. The van der Waals surface area contributed by atoms with E-state index in [-0.39, 0.29) is 5.41 Å². The second-order valence-electron chi connectivity index (χ2n) is 5.00. The Labute approximate surface area is 117 Å². The predicted octanol–water partition coefficient (Wildman–Crippen LogP) is 5.54. The molecule has 1 aliphatic rings. The van der Waals surface area contributed by atoms with Crippen molar-refractivity contribution >= 4 is 15.9 Å². The van der Waals surface area contributed by atoms with Crippen molar-refractivity contribution in [2.75, 3.05) is 0 Å². The molecule has 0 saturated heterocycles. The molecule has 1 heteroatoms. The molecule has 0 N–H and O–H groups in total. The Morgan fingerprint density at radius 2 is 1.56 bits per heavy atom. The third-order valence-corrected chi connectivity index (χ3v) is 5.09. The number of benzene rings is 2. The van der Waals surface area contributed by atoms with Crippen LogP contribution in [0.1, 0.15) is 37.8 Å². The van der Waals surface area contributed by atoms with Crippen LogP contribution in [-0.4, -0.2) is 0 Å². The van der Waals surface area contributed by atoms with Crippen LogP contribution in [0, 0.1) is 0 Å². The lowest BCUT2D eigenvalue weighted by atomic mass is 9.74. The Hall–Kier alpha value is -1.08. The van der Waals surface area contributed by atoms with Crippen molar-refractivity contribution in [3.05, 3.63) is 58.1 Å². The molecule has 18 heavy (non-hydrogen) atoms. The van der Waals surface area contributed by atoms with Crippen molar-refractivity contribution in [3.8, 4) is 11.1 Å². The zero-order valence-corrected chi connectivity index (χ0v) is 12.4. The maximum atomic E-state index is 3.76. The fraction of sp³-hybridized carbons (Fsp3) is 0.294. The molecule has 0 unspecified atom stereocenters. The molecule has 0 saturated carbocycles. The topological polar surface area (TPSA) is 0 Å². The van der Waals surface area contributed by atoms with Gasteiger partial charge >= 0.3 is 0 Å². The van der Waals surface area contributed by atoms with Crippen molar-refractivity contribution in [1.82, 2.24) is 0 Å². The van der Waals surface area contributed by atoms with Crippen molar-refractivity contribution < 1.29 is 0 Å². The smallest absolute Gasteiger partial charge is 0.0222 e. The van der Waals surface area contributed by atoms with Crippen LogP contribution in [0.5, 0.6) is 0 Å². The molecule has 2 aromatic rings. The zero-order valence-electron chi connectivity index (χ0n) is 10.8. The maximum absolute atomic E-state index is 3.76. The SMILES string of the molecule is CCC1(CC)c2ccccc2-c2cccc(Br)c21. The highest BCUT2D eigenvalue weighted by Crippen LogP contribution is 2.54. The van der Waals surface area contributed by atoms with E-state index in [4.69, 9.17) is 0 Å². The number of fused-ring (bicyclic) bond motifs is 3. The van der Waals surface area contributed by atoms with E-state index in [1.54, 1.807) is 0 Å². The van der Waals surface area contributed by atoms with Gasteiger partial charge in [-0.1, -0.05) is 66.2 Å². The van der Waals surface area contributed by atoms with Crippen LogP contribution >= 0.6 is 15.9 Å². The van der Waals surface area contributed by atoms with Crippen molar-refractivity contribution in [2.45, 2.75) is 32.1 Å². The average Bonchev–Trinajstić information content (AvgIpc) is 2.71. The lowest BCUT2D eigenvalue weighted by Crippen LogP contribution is -2.23. The van der Waals surface area contributed by atoms with Crippen LogP contribution < -0.4 is 0 Å². The Kier molecular flexibility index (Phi) is 2.82. The molecule has 0 radical (unpaired) electrons. The lowest BCUT2D eigenvalue weighted by molar-refractivity contribution is 0.488. The van der Waals surface area contributed by atoms with Crippen molar-refractivity contribution in [3.63, 3.8) is 0 Å². The van der Waals surface area contributed by atoms with Crippen molar-refractivity contribution in [2.24, 2.45) is 0 Å². The lowest BCUT2D eigenvalue weighted by Gasteiger charge is -2.30. The highest BCUT2D eigenvalue weighted by molar-refractivity contribution is 9.10. The molecule has 0 heterocycles. The number of halogens is 1. The van der Waals surface area contributed by atoms with Crippen LogP contribution in [0.15, 0.2) is 46.9 Å². The summed E-state index contributed by atoms with van der Waals surface area (Å²) in [5.74, 6) is 0. The minimum absolute atomic E-state index is 0.187. The van der Waals surface area contributed by atoms with Crippen LogP contribution in [-0.2, 0) is 5.41 Å². The molecule has 92 valence electrons. The summed E-state index contributed by atoms with van der Waals surface area (Å²) in [6.45, 7) is 4.60. The van der Waals surface area contributed by atoms with E-state index in [9.17, 15) is 0 Å². The molecule has 0 nitrogen and oxygen atoms in total. The Balaban J connectivity index is 2.42. The van der Waals surface area contributed by atoms with Gasteiger partial charge in [-0.15, -0.1) is 0 Å². The predicted molar refractivity (Wildman–Crippen MR) is 80.9 cm³/mol. The Bertz CT molecular complexity index is 594. The van der Waals surface area contributed by atoms with E-state index in [0.29, 0.717) is 0 Å². The Morgan fingerprint density at radius 3 is 2.28 bits per heavy atom. The molecule has 2 aromatic carbocycles. The summed E-state index contributed by atoms with van der Waals surface area (Å²) in [6.07, 6.45) is 2.30. The molecule has 0 aliphatic heterocycles. The van der Waals surface area contributed by atoms with E-state index >= 15 is 0 Å². The van der Waals surface area contributed by atoms with E-state index in [0.717, 1.165) is 12.8 Å². The second-order valence-corrected chi connectivity index (χ2v) is 5.85. The minimum Gasteiger partial charge on any atom is -0.0642 e. The molecule has 3 rings (SSSR count). The highest BCUT2D eigenvalue weighted by Gasteiger charge is 2.41. The van der Waals surface area contributed by atoms with E-state index in [1.165, 1.54) is 26.7 Å². The average molecular weight is 301 g/mol. The molecule has 0 amide bonds. The first kappa shape index (κ1) is 12.0. The summed E-state index contributed by atoms with van der Waals surface area (Å²) < 4.78 is 1.25. The summed E-state index contributed by atoms with van der Waals surface area (Å²) in [5, 5.41) is 0. The quantitative estimate of drug-likeness (QED) is 0.683. The second kappa shape index (κ2) is 4.24. The van der Waals surface area contributed by atoms with E-state index in [2.05, 4.69) is 72.2 Å². The van der Waals surface area contributed by atoms with Gasteiger partial charge in [0, 0.05) is 9.89 Å². The first-order valence-electron chi connectivity index (χ1n) is 6.63. The van der Waals surface area contributed by atoms with Gasteiger partial charge in [-0.05, 0) is 41.2 Å². The molecule has 0 spiro atoms. The zero-order chi connectivity index (χ0) is 12.8. The Morgan fingerprint density at radius 1 is 0.889 bits per heavy atom. The molecule has 0 bridgehead atoms. The first-order valence-corrected chi connectivity index (χ1v) is 7.42. The van der Waals surface area contributed by atoms with Crippen LogP contribution in [0.2, 0.25) is 0 Å². The van der Waals surface area contributed by atoms with Gasteiger partial charge in [0.1, 0.15) is 0 Å². The monoisotopic (exact) mass is 300 g/mol. The van der Waals surface area contributed by atoms with Gasteiger partial charge in [0.2, 0.25) is 0 Å². The number of hydrogen-bond acceptors (Lipinski definition) is 0. The molecular formula is C17H17Br. The number of hydrogen-bond donors (Lipinski definition) is 0. The molecule has 1 aliphatic carbocycles. The molecule has 0 atom stereocenters. The summed E-state index contributed by atoms with van der Waals surface area (Å²) in [7, 11) is 0. The summed E-state index contributed by atoms with van der Waals surface area (Å²) >= 11 is 3.76. The fourth-order valence-corrected chi connectivity index (χ4v) is 4.24. The maximum Gasteiger partial charge on any atom is 0.0222 e. The standard InChI is InChI=1S/C17H17Br/c1-3-17(4-2)14-10-6-5-8-12(14)13-9-7-11-15(18)16(13)17/h5-11H,3-4H2,1-2H3. The summed E-state index contributed by atoms with van der Waals surface area (Å²) in [5.41, 5.74) is 5.99. The summed E-state index contributed by atoms with van der Waals surface area (Å²) in [4.78, 5) is 0. The highest BCUT2D eigenvalue weighted by atomic mass is 79.9. The van der Waals surface area contributed by atoms with Gasteiger partial charge in [-0.2, -0.15) is 0 Å². The fourth-order valence-electron chi connectivity index (χ4n) is 3.49. The molecular weight excluding hydrogens is 284 g/mol. The third kappa shape index (κ3) is 1.37. The number of rotatable bonds is 2. The third-order valence-electron chi connectivity index (χ3n) is 4.43. The van der Waals surface area contributed by atoms with Gasteiger partial charge < -0.3 is 0 Å². The van der Waals surface area contributed by atoms with Crippen LogP contribution in [0.4, 0.5) is 0 Å². The van der Waals surface area contributed by atoms with Gasteiger partial charge in [-0.25, -0.2) is 0 Å². The largest absolute Gasteiger partial charge is 0.0642 e. The van der Waals surface area contributed by atoms with Crippen molar-refractivity contribution in [1.29, 1.82) is 0 Å². The van der Waals surface area contributed by atoms with Gasteiger partial charge in [0.25, 0.3) is 0 Å². The van der Waals surface area contributed by atoms with Crippen LogP contribution in [0.3, 0.4) is 0 Å². The van der Waals surface area contributed by atoms with Gasteiger partial charge in [0.15, 0.2) is 0 Å². The first-order chi connectivity index (χ1) is 8.74. The normalized spacial score (nSPS) is 15.3.